The lowest BCUT2D eigenvalue weighted by Crippen LogP contribution is -2.55. The summed E-state index contributed by atoms with van der Waals surface area (Å²) < 4.78 is 43.4. The van der Waals surface area contributed by atoms with E-state index in [1.807, 2.05) is 45.2 Å². The van der Waals surface area contributed by atoms with Crippen LogP contribution in [0, 0.1) is 24.2 Å². The lowest BCUT2D eigenvalue weighted by molar-refractivity contribution is -0.141. The van der Waals surface area contributed by atoms with Gasteiger partial charge in [-0.1, -0.05) is 32.1 Å². The van der Waals surface area contributed by atoms with E-state index in [4.69, 9.17) is 28.5 Å². The number of hydrogen-bond acceptors (Lipinski definition) is 12. The predicted octanol–water partition coefficient (Wildman–Crippen LogP) is 6.72. The number of allylic oxidation sites excluding steroid dienone is 4. The van der Waals surface area contributed by atoms with Crippen LogP contribution in [0.1, 0.15) is 128 Å². The Balaban J connectivity index is 1.25. The first-order chi connectivity index (χ1) is 32.8. The Bertz CT molecular complexity index is 2610. The quantitative estimate of drug-likeness (QED) is 0.0369. The van der Waals surface area contributed by atoms with Gasteiger partial charge in [-0.2, -0.15) is 18.3 Å². The fraction of sp³-hybridized carbons (Fsp3) is 0.540. The summed E-state index contributed by atoms with van der Waals surface area (Å²) >= 11 is 0. The van der Waals surface area contributed by atoms with Crippen molar-refractivity contribution in [3.05, 3.63) is 88.7 Å². The molecule has 2 radical (unpaired) electrons. The summed E-state index contributed by atoms with van der Waals surface area (Å²) in [5.41, 5.74) is 5.90. The van der Waals surface area contributed by atoms with E-state index in [1.165, 1.54) is 31.1 Å². The van der Waals surface area contributed by atoms with E-state index >= 15 is 0 Å². The summed E-state index contributed by atoms with van der Waals surface area (Å²) in [5.74, 6) is -2.26. The Morgan fingerprint density at radius 1 is 1.09 bits per heavy atom. The summed E-state index contributed by atoms with van der Waals surface area (Å²) in [6.07, 6.45) is 9.04. The number of aromatic nitrogens is 5. The second-order valence-corrected chi connectivity index (χ2v) is 19.8. The van der Waals surface area contributed by atoms with Crippen molar-refractivity contribution in [3.63, 3.8) is 0 Å². The molecule has 2 aliphatic carbocycles. The maximum atomic E-state index is 14.8. The number of nitrogens with zero attached hydrogens (tertiary/aromatic N) is 9. The van der Waals surface area contributed by atoms with Gasteiger partial charge in [0, 0.05) is 78.1 Å². The first kappa shape index (κ1) is 53.5. The highest BCUT2D eigenvalue weighted by Gasteiger charge is 2.65. The smallest absolute Gasteiger partial charge is 0.404 e. The second kappa shape index (κ2) is 20.9. The number of nitrogens with two attached hydrogens (primary N) is 1. The van der Waals surface area contributed by atoms with E-state index in [2.05, 4.69) is 45.3 Å². The minimum absolute atomic E-state index is 0.00582. The average Bonchev–Trinajstić information content (AvgIpc) is 4.21. The number of carbonyl (C=O) groups is 2. The minimum atomic E-state index is -4.81. The van der Waals surface area contributed by atoms with Gasteiger partial charge in [-0.05, 0) is 116 Å². The van der Waals surface area contributed by atoms with Crippen LogP contribution in [0.15, 0.2) is 75.2 Å². The van der Waals surface area contributed by atoms with Crippen molar-refractivity contribution in [1.82, 2.24) is 34.9 Å². The molecule has 20 heteroatoms. The van der Waals surface area contributed by atoms with E-state index in [0.717, 1.165) is 76.5 Å². The number of alkyl halides is 3. The Hall–Kier alpha value is -5.86. The topological polar surface area (TPSA) is 230 Å². The highest BCUT2D eigenvalue weighted by molar-refractivity contribution is 6.13. The third-order valence-electron chi connectivity index (χ3n) is 13.2. The first-order valence-corrected chi connectivity index (χ1v) is 23.7. The predicted molar refractivity (Wildman–Crippen MR) is 263 cm³/mol. The second-order valence-electron chi connectivity index (χ2n) is 19.8. The number of hydrogen-bond donors (Lipinski definition) is 5. The monoisotopic (exact) mass is 968 g/mol. The van der Waals surface area contributed by atoms with Crippen LogP contribution in [0.3, 0.4) is 0 Å². The minimum Gasteiger partial charge on any atom is -0.404 e. The number of halogens is 3. The van der Waals surface area contributed by atoms with Crippen molar-refractivity contribution in [3.8, 4) is 11.3 Å². The molecule has 1 spiro atoms. The summed E-state index contributed by atoms with van der Waals surface area (Å²) in [4.78, 5) is 57.7. The molecule has 3 aromatic heterocycles. The molecule has 4 atom stereocenters. The van der Waals surface area contributed by atoms with Crippen LogP contribution < -0.4 is 11.1 Å². The van der Waals surface area contributed by atoms with Gasteiger partial charge < -0.3 is 31.3 Å². The number of rotatable bonds is 19. The SMILES string of the molecule is [B]CC(O)(O)/N=C/C(=C\N)CC(C(=O)NC(C)(C)Cn1nc(C(F)(F)F)cc1-c1cnc(C(C)(C)O)nc1)N1CCC2(CC2c2ccc(/C(C=NC(=N/C(=C\C)C3CC3)C(C)CC)=C/C)nc2C)C1=O. The molecular formula is C50H65BF3N11O5. The number of amidine groups is 1. The summed E-state index contributed by atoms with van der Waals surface area (Å²) in [6.45, 7) is 16.1. The molecule has 6 N–H and O–H groups in total. The molecule has 70 heavy (non-hydrogen) atoms. The number of likely N-dealkylation sites (tertiary alicyclic amines) is 1. The van der Waals surface area contributed by atoms with E-state index in [9.17, 15) is 38.1 Å². The van der Waals surface area contributed by atoms with Crippen LogP contribution in [0.5, 0.6) is 0 Å². The van der Waals surface area contributed by atoms with Gasteiger partial charge in [0.05, 0.1) is 36.7 Å². The number of aryl methyl sites for hydroxylation is 1. The van der Waals surface area contributed by atoms with Crippen molar-refractivity contribution < 1.29 is 38.1 Å². The molecule has 1 aliphatic heterocycles. The summed E-state index contributed by atoms with van der Waals surface area (Å²) in [6, 6.07) is 3.55. The van der Waals surface area contributed by atoms with Crippen LogP contribution >= 0.6 is 0 Å². The zero-order chi connectivity index (χ0) is 51.6. The largest absolute Gasteiger partial charge is 0.435 e. The lowest BCUT2D eigenvalue weighted by atomic mass is 9.96. The number of pyridine rings is 1. The zero-order valence-corrected chi connectivity index (χ0v) is 41.4. The number of nitrogens with one attached hydrogen (secondary N) is 1. The molecule has 2 saturated carbocycles. The van der Waals surface area contributed by atoms with Crippen molar-refractivity contribution >= 4 is 43.5 Å². The van der Waals surface area contributed by atoms with Gasteiger partial charge in [-0.3, -0.25) is 19.3 Å². The van der Waals surface area contributed by atoms with Gasteiger partial charge in [0.25, 0.3) is 5.91 Å². The van der Waals surface area contributed by atoms with Gasteiger partial charge in [-0.25, -0.2) is 24.9 Å². The Labute approximate surface area is 408 Å². The maximum Gasteiger partial charge on any atom is 0.435 e. The molecule has 4 heterocycles. The molecule has 6 rings (SSSR count). The van der Waals surface area contributed by atoms with Gasteiger partial charge >= 0.3 is 6.18 Å². The molecule has 3 aromatic rings. The molecule has 0 aromatic carbocycles. The highest BCUT2D eigenvalue weighted by atomic mass is 19.4. The number of amides is 2. The van der Waals surface area contributed by atoms with Crippen LogP contribution in [-0.2, 0) is 27.9 Å². The highest BCUT2D eigenvalue weighted by Crippen LogP contribution is 2.65. The van der Waals surface area contributed by atoms with Crippen molar-refractivity contribution in [2.75, 3.05) is 6.54 Å². The molecule has 1 saturated heterocycles. The fourth-order valence-corrected chi connectivity index (χ4v) is 8.70. The van der Waals surface area contributed by atoms with Crippen molar-refractivity contribution in [1.29, 1.82) is 0 Å². The molecule has 4 unspecified atom stereocenters. The molecule has 374 valence electrons. The van der Waals surface area contributed by atoms with E-state index in [1.54, 1.807) is 13.8 Å². The fourth-order valence-electron chi connectivity index (χ4n) is 8.70. The number of carbonyl (C=O) groups excluding carboxylic acids is 2. The molecule has 16 nitrogen and oxygen atoms in total. The van der Waals surface area contributed by atoms with E-state index < -0.39 is 52.6 Å². The number of aliphatic hydroxyl groups is 3. The van der Waals surface area contributed by atoms with Gasteiger partial charge in [0.2, 0.25) is 11.8 Å². The van der Waals surface area contributed by atoms with Crippen molar-refractivity contribution in [2.45, 2.75) is 149 Å². The van der Waals surface area contributed by atoms with Gasteiger partial charge in [-0.15, -0.1) is 0 Å². The van der Waals surface area contributed by atoms with Gasteiger partial charge in [0.1, 0.15) is 17.5 Å². The van der Waals surface area contributed by atoms with Gasteiger partial charge in [0.15, 0.2) is 11.5 Å². The van der Waals surface area contributed by atoms with Crippen LogP contribution in [0.2, 0.25) is 6.32 Å². The standard InChI is InChI=1S/C50H65BF3N11O5/c1-10-29(4)42(61-37(12-3)33-13-14-33)56-24-32(11-2)38-16-15-35(30(5)60-38)36-21-48(36)17-18-64(45(48)67)40(19-31(22-55)23-59-49(69,70)27-51)43(66)62-46(6,7)28-65-39(20-41(63-65)50(52,53)54)34-25-57-44(58-26-34)47(8,9)68/h11-12,15-16,20,22-26,29,33,36,40,68-70H,10,13-14,17-19,21,27-28,55H2,1-9H3,(H,62,66)/b31-22-,32-11+,37-12-,56-24?,59-23+,61-42?. The van der Waals surface area contributed by atoms with E-state index in [-0.39, 0.29) is 59.9 Å². The Kier molecular flexibility index (Phi) is 15.9. The summed E-state index contributed by atoms with van der Waals surface area (Å²) in [7, 11) is 5.45. The maximum absolute atomic E-state index is 14.8. The third-order valence-corrected chi connectivity index (χ3v) is 13.2. The Morgan fingerprint density at radius 2 is 1.77 bits per heavy atom. The molecule has 0 bridgehead atoms. The summed E-state index contributed by atoms with van der Waals surface area (Å²) in [5, 5.41) is 37.3. The molecule has 3 aliphatic rings. The first-order valence-electron chi connectivity index (χ1n) is 23.7. The van der Waals surface area contributed by atoms with Crippen LogP contribution in [-0.4, -0.2) is 107 Å². The molecule has 3 fully saturated rings. The van der Waals surface area contributed by atoms with Crippen LogP contribution in [0.25, 0.3) is 16.8 Å². The zero-order valence-electron chi connectivity index (χ0n) is 41.4. The number of aliphatic imine (C=N–C) groups is 3. The third kappa shape index (κ3) is 12.4. The molecule has 2 amide bonds. The van der Waals surface area contributed by atoms with Crippen LogP contribution in [0.4, 0.5) is 13.2 Å². The average molecular weight is 968 g/mol. The van der Waals surface area contributed by atoms with Crippen molar-refractivity contribution in [2.24, 2.45) is 38.0 Å². The lowest BCUT2D eigenvalue weighted by Gasteiger charge is -2.33. The Morgan fingerprint density at radius 3 is 2.33 bits per heavy atom. The molecular weight excluding hydrogens is 902 g/mol. The normalized spacial score (nSPS) is 20.9. The van der Waals surface area contributed by atoms with E-state index in [0.29, 0.717) is 18.8 Å².